The van der Waals surface area contributed by atoms with E-state index in [2.05, 4.69) is 46.6 Å². The zero-order chi connectivity index (χ0) is 20.0. The maximum absolute atomic E-state index is 13.2. The van der Waals surface area contributed by atoms with Gasteiger partial charge in [0.1, 0.15) is 11.5 Å². The fourth-order valence-corrected chi connectivity index (χ4v) is 3.19. The Bertz CT molecular complexity index is 778. The van der Waals surface area contributed by atoms with Gasteiger partial charge in [-0.25, -0.2) is 4.99 Å². The van der Waals surface area contributed by atoms with Gasteiger partial charge in [-0.2, -0.15) is 0 Å². The highest BCUT2D eigenvalue weighted by Crippen LogP contribution is 2.23. The zero-order valence-corrected chi connectivity index (χ0v) is 18.2. The van der Waals surface area contributed by atoms with E-state index in [1.165, 1.54) is 5.56 Å². The van der Waals surface area contributed by atoms with E-state index in [1.807, 2.05) is 61.0 Å². The third-order valence-corrected chi connectivity index (χ3v) is 4.78. The Balaban J connectivity index is 2.27. The number of carbonyl (C=O) groups excluding carboxylic acids is 1. The molecule has 0 fully saturated rings. The number of amides is 1. The smallest absolute Gasteiger partial charge is 0.272 e. The van der Waals surface area contributed by atoms with E-state index in [4.69, 9.17) is 0 Å². The summed E-state index contributed by atoms with van der Waals surface area (Å²) in [6.45, 7) is 10.7. The molecule has 1 aromatic carbocycles. The van der Waals surface area contributed by atoms with Crippen LogP contribution in [0.15, 0.2) is 70.1 Å². The quantitative estimate of drug-likeness (QED) is 0.617. The summed E-state index contributed by atoms with van der Waals surface area (Å²) in [5.41, 5.74) is 2.76. The first-order valence-electron chi connectivity index (χ1n) is 9.27. The van der Waals surface area contributed by atoms with Gasteiger partial charge in [0, 0.05) is 29.8 Å². The van der Waals surface area contributed by atoms with Gasteiger partial charge in [-0.3, -0.25) is 4.79 Å². The van der Waals surface area contributed by atoms with Crippen molar-refractivity contribution in [1.82, 2.24) is 9.80 Å². The zero-order valence-electron chi connectivity index (χ0n) is 16.6. The van der Waals surface area contributed by atoms with Gasteiger partial charge in [0.25, 0.3) is 5.91 Å². The van der Waals surface area contributed by atoms with Crippen LogP contribution in [0.25, 0.3) is 0 Å². The lowest BCUT2D eigenvalue weighted by Gasteiger charge is -2.30. The summed E-state index contributed by atoms with van der Waals surface area (Å²) in [4.78, 5) is 21.7. The van der Waals surface area contributed by atoms with Crippen LogP contribution in [0.3, 0.4) is 0 Å². The van der Waals surface area contributed by atoms with E-state index in [0.29, 0.717) is 18.1 Å². The van der Waals surface area contributed by atoms with Gasteiger partial charge < -0.3 is 9.80 Å². The molecule has 0 aliphatic carbocycles. The Kier molecular flexibility index (Phi) is 7.60. The van der Waals surface area contributed by atoms with Crippen molar-refractivity contribution < 1.29 is 4.79 Å². The first-order chi connectivity index (χ1) is 12.8. The molecule has 27 heavy (non-hydrogen) atoms. The molecule has 1 heterocycles. The summed E-state index contributed by atoms with van der Waals surface area (Å²) in [5.74, 6) is 0.678. The Morgan fingerprint density at radius 1 is 1.33 bits per heavy atom. The van der Waals surface area contributed by atoms with Crippen LogP contribution in [-0.2, 0) is 11.2 Å². The Morgan fingerprint density at radius 3 is 2.56 bits per heavy atom. The highest BCUT2D eigenvalue weighted by molar-refractivity contribution is 9.11. The number of carbonyl (C=O) groups is 1. The van der Waals surface area contributed by atoms with Crippen LogP contribution >= 0.6 is 15.9 Å². The summed E-state index contributed by atoms with van der Waals surface area (Å²) >= 11 is 3.36. The van der Waals surface area contributed by atoms with Gasteiger partial charge in [0.2, 0.25) is 0 Å². The van der Waals surface area contributed by atoms with Crippen LogP contribution in [0, 0.1) is 0 Å². The van der Waals surface area contributed by atoms with Crippen molar-refractivity contribution in [2.24, 2.45) is 4.99 Å². The average Bonchev–Trinajstić information content (AvgIpc) is 2.63. The maximum atomic E-state index is 13.2. The number of aliphatic imine (C=N–C) groups is 1. The second-order valence-corrected chi connectivity index (χ2v) is 7.84. The minimum Gasteiger partial charge on any atom is -0.335 e. The second kappa shape index (κ2) is 9.70. The van der Waals surface area contributed by atoms with Crippen molar-refractivity contribution in [3.8, 4) is 0 Å². The van der Waals surface area contributed by atoms with Crippen molar-refractivity contribution in [2.45, 2.75) is 39.7 Å². The Labute approximate surface area is 171 Å². The summed E-state index contributed by atoms with van der Waals surface area (Å²) < 4.78 is 0.724. The molecule has 0 unspecified atom stereocenters. The number of halogens is 1. The number of rotatable bonds is 7. The van der Waals surface area contributed by atoms with Crippen molar-refractivity contribution in [3.63, 3.8) is 0 Å². The molecule has 1 aliphatic rings. The summed E-state index contributed by atoms with van der Waals surface area (Å²) in [6, 6.07) is 10.3. The molecule has 0 bridgehead atoms. The van der Waals surface area contributed by atoms with E-state index < -0.39 is 0 Å². The molecule has 0 N–H and O–H groups in total. The number of hydrogen-bond donors (Lipinski definition) is 0. The molecule has 0 aromatic heterocycles. The number of allylic oxidation sites excluding steroid dienone is 3. The van der Waals surface area contributed by atoms with Crippen molar-refractivity contribution >= 4 is 27.5 Å². The van der Waals surface area contributed by atoms with Gasteiger partial charge in [0.05, 0.1) is 0 Å². The fraction of sp³-hybridized carbons (Fsp3) is 0.364. The van der Waals surface area contributed by atoms with E-state index in [1.54, 1.807) is 0 Å². The van der Waals surface area contributed by atoms with E-state index in [9.17, 15) is 4.79 Å². The van der Waals surface area contributed by atoms with Gasteiger partial charge in [-0.05, 0) is 44.4 Å². The van der Waals surface area contributed by atoms with Gasteiger partial charge in [0.15, 0.2) is 0 Å². The molecule has 5 heteroatoms. The normalized spacial score (nSPS) is 15.6. The van der Waals surface area contributed by atoms with Crippen LogP contribution in [0.1, 0.15) is 32.8 Å². The third kappa shape index (κ3) is 5.67. The topological polar surface area (TPSA) is 35.9 Å². The summed E-state index contributed by atoms with van der Waals surface area (Å²) in [5, 5.41) is 0. The molecular formula is C22H28BrN3O. The maximum Gasteiger partial charge on any atom is 0.272 e. The van der Waals surface area contributed by atoms with Crippen LogP contribution in [0.5, 0.6) is 0 Å². The molecule has 0 saturated heterocycles. The lowest BCUT2D eigenvalue weighted by atomic mass is 10.1. The lowest BCUT2D eigenvalue weighted by Crippen LogP contribution is -2.43. The molecule has 1 aromatic rings. The minimum atomic E-state index is -0.0361. The predicted octanol–water partition coefficient (Wildman–Crippen LogP) is 4.90. The first kappa shape index (κ1) is 21.2. The predicted molar refractivity (Wildman–Crippen MR) is 117 cm³/mol. The number of nitrogens with zero attached hydrogens (tertiary/aromatic N) is 3. The standard InChI is InChI=1S/C22H28BrN3O/c1-6-19-15-20(24-21(25(19)5)14-17(4)23)22(27)26(16(2)3)13-12-18-10-8-7-9-11-18/h7-11,14-16H,4,6,12-13H2,1-3,5H3/b21-14-. The highest BCUT2D eigenvalue weighted by atomic mass is 79.9. The molecule has 4 nitrogen and oxygen atoms in total. The molecule has 144 valence electrons. The largest absolute Gasteiger partial charge is 0.335 e. The van der Waals surface area contributed by atoms with Gasteiger partial charge in [-0.1, -0.05) is 59.8 Å². The molecule has 0 saturated carbocycles. The SMILES string of the molecule is C=C(Br)/C=C1/N=C(C(=O)N(CCc2ccccc2)C(C)C)C=C(CC)N1C. The van der Waals surface area contributed by atoms with Gasteiger partial charge in [-0.15, -0.1) is 0 Å². The van der Waals surface area contributed by atoms with E-state index in [0.717, 1.165) is 23.0 Å². The minimum absolute atomic E-state index is 0.0361. The van der Waals surface area contributed by atoms with Crippen molar-refractivity contribution in [3.05, 3.63) is 70.6 Å². The van der Waals surface area contributed by atoms with Crippen LogP contribution < -0.4 is 0 Å². The van der Waals surface area contributed by atoms with Gasteiger partial charge >= 0.3 is 0 Å². The summed E-state index contributed by atoms with van der Waals surface area (Å²) in [6.07, 6.45) is 5.37. The van der Waals surface area contributed by atoms with E-state index >= 15 is 0 Å². The second-order valence-electron chi connectivity index (χ2n) is 6.82. The van der Waals surface area contributed by atoms with Crippen LogP contribution in [0.4, 0.5) is 0 Å². The average molecular weight is 430 g/mol. The monoisotopic (exact) mass is 429 g/mol. The molecule has 0 atom stereocenters. The van der Waals surface area contributed by atoms with Crippen molar-refractivity contribution in [2.75, 3.05) is 13.6 Å². The number of hydrogen-bond acceptors (Lipinski definition) is 3. The van der Waals surface area contributed by atoms with Crippen LogP contribution in [0.2, 0.25) is 0 Å². The summed E-state index contributed by atoms with van der Waals surface area (Å²) in [7, 11) is 1.96. The highest BCUT2D eigenvalue weighted by Gasteiger charge is 2.25. The molecule has 2 rings (SSSR count). The third-order valence-electron chi connectivity index (χ3n) is 4.55. The molecule has 1 amide bonds. The van der Waals surface area contributed by atoms with Crippen LogP contribution in [-0.4, -0.2) is 41.1 Å². The molecular weight excluding hydrogens is 402 g/mol. The Hall–Kier alpha value is -2.14. The molecule has 0 radical (unpaired) electrons. The number of benzene rings is 1. The fourth-order valence-electron chi connectivity index (χ4n) is 2.99. The Morgan fingerprint density at radius 2 is 2.00 bits per heavy atom. The lowest BCUT2D eigenvalue weighted by molar-refractivity contribution is -0.125. The first-order valence-corrected chi connectivity index (χ1v) is 10.1. The molecule has 0 spiro atoms. The molecule has 1 aliphatic heterocycles. The van der Waals surface area contributed by atoms with E-state index in [-0.39, 0.29) is 11.9 Å². The van der Waals surface area contributed by atoms with Crippen molar-refractivity contribution in [1.29, 1.82) is 0 Å².